The molecular weight excluding hydrogens is 220 g/mol. The SMILES string of the molecule is CCC(CO)NC(=O)NCOc1ccccc1. The molecule has 2 amide bonds. The van der Waals surface area contributed by atoms with Crippen molar-refractivity contribution < 1.29 is 14.6 Å². The second kappa shape index (κ2) is 7.51. The maximum atomic E-state index is 11.3. The van der Waals surface area contributed by atoms with E-state index in [0.717, 1.165) is 0 Å². The van der Waals surface area contributed by atoms with Crippen LogP contribution in [0.2, 0.25) is 0 Å². The van der Waals surface area contributed by atoms with Crippen LogP contribution < -0.4 is 15.4 Å². The van der Waals surface area contributed by atoms with Crippen molar-refractivity contribution in [3.05, 3.63) is 30.3 Å². The first-order chi connectivity index (χ1) is 8.26. The van der Waals surface area contributed by atoms with Gasteiger partial charge in [-0.05, 0) is 18.6 Å². The first kappa shape index (κ1) is 13.3. The minimum Gasteiger partial charge on any atom is -0.473 e. The molecule has 0 saturated heterocycles. The van der Waals surface area contributed by atoms with Crippen molar-refractivity contribution in [1.82, 2.24) is 10.6 Å². The summed E-state index contributed by atoms with van der Waals surface area (Å²) in [6.45, 7) is 1.92. The van der Waals surface area contributed by atoms with E-state index in [9.17, 15) is 4.79 Å². The topological polar surface area (TPSA) is 70.6 Å². The van der Waals surface area contributed by atoms with Gasteiger partial charge in [-0.1, -0.05) is 25.1 Å². The van der Waals surface area contributed by atoms with Crippen molar-refractivity contribution in [2.75, 3.05) is 13.3 Å². The molecule has 1 rings (SSSR count). The lowest BCUT2D eigenvalue weighted by molar-refractivity contribution is 0.204. The zero-order chi connectivity index (χ0) is 12.5. The largest absolute Gasteiger partial charge is 0.473 e. The van der Waals surface area contributed by atoms with Crippen LogP contribution in [0.4, 0.5) is 4.79 Å². The minimum atomic E-state index is -0.346. The van der Waals surface area contributed by atoms with Crippen LogP contribution in [0.25, 0.3) is 0 Å². The Bertz CT molecular complexity index is 326. The van der Waals surface area contributed by atoms with Crippen LogP contribution in [0.15, 0.2) is 30.3 Å². The molecule has 0 fully saturated rings. The molecule has 0 aliphatic heterocycles. The summed E-state index contributed by atoms with van der Waals surface area (Å²) in [5.41, 5.74) is 0. The molecule has 94 valence electrons. The van der Waals surface area contributed by atoms with Crippen molar-refractivity contribution in [1.29, 1.82) is 0 Å². The van der Waals surface area contributed by atoms with E-state index >= 15 is 0 Å². The number of amides is 2. The van der Waals surface area contributed by atoms with E-state index in [-0.39, 0.29) is 25.4 Å². The Morgan fingerprint density at radius 2 is 2.12 bits per heavy atom. The van der Waals surface area contributed by atoms with Gasteiger partial charge in [-0.3, -0.25) is 0 Å². The fourth-order valence-electron chi connectivity index (χ4n) is 1.21. The highest BCUT2D eigenvalue weighted by Crippen LogP contribution is 2.06. The fourth-order valence-corrected chi connectivity index (χ4v) is 1.21. The maximum absolute atomic E-state index is 11.3. The van der Waals surface area contributed by atoms with Gasteiger partial charge in [0, 0.05) is 0 Å². The number of benzene rings is 1. The Labute approximate surface area is 101 Å². The molecule has 0 saturated carbocycles. The Morgan fingerprint density at radius 1 is 1.41 bits per heavy atom. The monoisotopic (exact) mass is 238 g/mol. The van der Waals surface area contributed by atoms with E-state index < -0.39 is 0 Å². The lowest BCUT2D eigenvalue weighted by Gasteiger charge is -2.14. The number of ether oxygens (including phenoxy) is 1. The highest BCUT2D eigenvalue weighted by Gasteiger charge is 2.07. The van der Waals surface area contributed by atoms with Gasteiger partial charge in [-0.15, -0.1) is 0 Å². The number of carbonyl (C=O) groups is 1. The molecule has 0 aliphatic rings. The van der Waals surface area contributed by atoms with E-state index in [0.29, 0.717) is 12.2 Å². The molecule has 0 aliphatic carbocycles. The number of hydrogen-bond acceptors (Lipinski definition) is 3. The van der Waals surface area contributed by atoms with Gasteiger partial charge < -0.3 is 20.5 Å². The number of para-hydroxylation sites is 1. The van der Waals surface area contributed by atoms with Crippen molar-refractivity contribution in [3.63, 3.8) is 0 Å². The molecule has 1 aromatic rings. The minimum absolute atomic E-state index is 0.0660. The predicted octanol–water partition coefficient (Wildman–Crippen LogP) is 1.09. The number of nitrogens with one attached hydrogen (secondary N) is 2. The third-order valence-electron chi connectivity index (χ3n) is 2.26. The Morgan fingerprint density at radius 3 is 2.71 bits per heavy atom. The molecular formula is C12H18N2O3. The molecule has 5 nitrogen and oxygen atoms in total. The van der Waals surface area contributed by atoms with E-state index in [1.165, 1.54) is 0 Å². The Balaban J connectivity index is 2.20. The van der Waals surface area contributed by atoms with Crippen LogP contribution in [0, 0.1) is 0 Å². The second-order valence-electron chi connectivity index (χ2n) is 3.54. The predicted molar refractivity (Wildman–Crippen MR) is 64.8 cm³/mol. The summed E-state index contributed by atoms with van der Waals surface area (Å²) in [5.74, 6) is 0.696. The first-order valence-electron chi connectivity index (χ1n) is 5.59. The van der Waals surface area contributed by atoms with Gasteiger partial charge in [0.2, 0.25) is 0 Å². The van der Waals surface area contributed by atoms with Crippen LogP contribution >= 0.6 is 0 Å². The molecule has 0 aromatic heterocycles. The lowest BCUT2D eigenvalue weighted by atomic mass is 10.2. The van der Waals surface area contributed by atoms with Crippen LogP contribution in [0.3, 0.4) is 0 Å². The number of aliphatic hydroxyl groups excluding tert-OH is 1. The molecule has 17 heavy (non-hydrogen) atoms. The van der Waals surface area contributed by atoms with Gasteiger partial charge in [0.15, 0.2) is 6.73 Å². The fraction of sp³-hybridized carbons (Fsp3) is 0.417. The summed E-state index contributed by atoms with van der Waals surface area (Å²) in [5, 5.41) is 14.1. The maximum Gasteiger partial charge on any atom is 0.317 e. The zero-order valence-corrected chi connectivity index (χ0v) is 9.85. The summed E-state index contributed by atoms with van der Waals surface area (Å²) in [6, 6.07) is 8.65. The van der Waals surface area contributed by atoms with E-state index in [1.807, 2.05) is 37.3 Å². The van der Waals surface area contributed by atoms with Gasteiger partial charge in [0.05, 0.1) is 12.6 Å². The lowest BCUT2D eigenvalue weighted by Crippen LogP contribution is -2.44. The van der Waals surface area contributed by atoms with Crippen molar-refractivity contribution in [2.45, 2.75) is 19.4 Å². The molecule has 1 unspecified atom stereocenters. The molecule has 3 N–H and O–H groups in total. The van der Waals surface area contributed by atoms with E-state index in [2.05, 4.69) is 10.6 Å². The van der Waals surface area contributed by atoms with Crippen molar-refractivity contribution in [3.8, 4) is 5.75 Å². The zero-order valence-electron chi connectivity index (χ0n) is 9.85. The average Bonchev–Trinajstić information content (AvgIpc) is 2.37. The number of rotatable bonds is 6. The average molecular weight is 238 g/mol. The molecule has 0 bridgehead atoms. The third kappa shape index (κ3) is 5.21. The summed E-state index contributed by atoms with van der Waals surface area (Å²) in [7, 11) is 0. The third-order valence-corrected chi connectivity index (χ3v) is 2.26. The van der Waals surface area contributed by atoms with Gasteiger partial charge in [-0.2, -0.15) is 0 Å². The quantitative estimate of drug-likeness (QED) is 0.650. The normalized spacial score (nSPS) is 11.6. The molecule has 0 radical (unpaired) electrons. The number of aliphatic hydroxyl groups is 1. The molecule has 5 heteroatoms. The van der Waals surface area contributed by atoms with Gasteiger partial charge >= 0.3 is 6.03 Å². The number of urea groups is 1. The second-order valence-corrected chi connectivity index (χ2v) is 3.54. The number of hydrogen-bond donors (Lipinski definition) is 3. The van der Waals surface area contributed by atoms with E-state index in [4.69, 9.17) is 9.84 Å². The summed E-state index contributed by atoms with van der Waals surface area (Å²) in [6.07, 6.45) is 0.684. The summed E-state index contributed by atoms with van der Waals surface area (Å²) < 4.78 is 5.29. The highest BCUT2D eigenvalue weighted by molar-refractivity contribution is 5.74. The highest BCUT2D eigenvalue weighted by atomic mass is 16.5. The van der Waals surface area contributed by atoms with Crippen LogP contribution in [-0.2, 0) is 0 Å². The van der Waals surface area contributed by atoms with Crippen LogP contribution in [0.5, 0.6) is 5.75 Å². The first-order valence-corrected chi connectivity index (χ1v) is 5.59. The smallest absolute Gasteiger partial charge is 0.317 e. The Kier molecular flexibility index (Phi) is 5.88. The van der Waals surface area contributed by atoms with Crippen LogP contribution in [-0.4, -0.2) is 30.5 Å². The van der Waals surface area contributed by atoms with Crippen LogP contribution in [0.1, 0.15) is 13.3 Å². The molecule has 0 heterocycles. The van der Waals surface area contributed by atoms with Gasteiger partial charge in [0.25, 0.3) is 0 Å². The van der Waals surface area contributed by atoms with Gasteiger partial charge in [-0.25, -0.2) is 4.79 Å². The number of carbonyl (C=O) groups excluding carboxylic acids is 1. The van der Waals surface area contributed by atoms with E-state index in [1.54, 1.807) is 0 Å². The van der Waals surface area contributed by atoms with Crippen molar-refractivity contribution in [2.24, 2.45) is 0 Å². The standard InChI is InChI=1S/C12H18N2O3/c1-2-10(8-15)14-12(16)13-9-17-11-6-4-3-5-7-11/h3-7,10,15H,2,8-9H2,1H3,(H2,13,14,16). The summed E-state index contributed by atoms with van der Waals surface area (Å²) in [4.78, 5) is 11.3. The molecule has 1 atom stereocenters. The van der Waals surface area contributed by atoms with Gasteiger partial charge in [0.1, 0.15) is 5.75 Å². The molecule has 1 aromatic carbocycles. The summed E-state index contributed by atoms with van der Waals surface area (Å²) >= 11 is 0. The van der Waals surface area contributed by atoms with Crippen molar-refractivity contribution >= 4 is 6.03 Å². The molecule has 0 spiro atoms. The Hall–Kier alpha value is -1.75.